The van der Waals surface area contributed by atoms with Crippen molar-refractivity contribution in [1.29, 1.82) is 0 Å². The van der Waals surface area contributed by atoms with Crippen LogP contribution in [0.5, 0.6) is 0 Å². The first-order valence-electron chi connectivity index (χ1n) is 9.01. The van der Waals surface area contributed by atoms with Crippen molar-refractivity contribution in [3.63, 3.8) is 0 Å². The van der Waals surface area contributed by atoms with E-state index >= 15 is 0 Å². The molecule has 2 nitrogen and oxygen atoms in total. The molecule has 4 aromatic carbocycles. The molecule has 0 unspecified atom stereocenters. The standard InChI is InChI=1S/C25H14O2/c26-25-18-8-2-1-7-17(18)23-15(10-5-12-20(23)25)16-11-6-14-22-24(16)19-9-3-4-13-21(19)27-22/h1-14H. The summed E-state index contributed by atoms with van der Waals surface area (Å²) in [7, 11) is 0. The highest BCUT2D eigenvalue weighted by molar-refractivity contribution is 6.25. The van der Waals surface area contributed by atoms with E-state index in [1.807, 2.05) is 66.7 Å². The normalized spacial score (nSPS) is 12.5. The minimum Gasteiger partial charge on any atom is -0.456 e. The van der Waals surface area contributed by atoms with Crippen molar-refractivity contribution < 1.29 is 9.21 Å². The molecule has 0 atom stereocenters. The van der Waals surface area contributed by atoms with Crippen LogP contribution in [0.25, 0.3) is 44.2 Å². The zero-order valence-electron chi connectivity index (χ0n) is 14.4. The quantitative estimate of drug-likeness (QED) is 0.342. The number of rotatable bonds is 1. The lowest BCUT2D eigenvalue weighted by molar-refractivity contribution is 0.104. The SMILES string of the molecule is O=C1c2ccccc2-c2c1cccc2-c1cccc2oc3ccccc3c12. The van der Waals surface area contributed by atoms with Crippen molar-refractivity contribution in [2.45, 2.75) is 0 Å². The predicted molar refractivity (Wildman–Crippen MR) is 108 cm³/mol. The number of fused-ring (bicyclic) bond motifs is 6. The first-order valence-corrected chi connectivity index (χ1v) is 9.01. The summed E-state index contributed by atoms with van der Waals surface area (Å²) in [5.41, 5.74) is 7.51. The molecular formula is C25H14O2. The molecule has 1 heterocycles. The fraction of sp³-hybridized carbons (Fsp3) is 0. The minimum absolute atomic E-state index is 0.103. The van der Waals surface area contributed by atoms with Gasteiger partial charge < -0.3 is 4.42 Å². The van der Waals surface area contributed by atoms with Gasteiger partial charge in [0.15, 0.2) is 5.78 Å². The third-order valence-electron chi connectivity index (χ3n) is 5.44. The van der Waals surface area contributed by atoms with Crippen molar-refractivity contribution >= 4 is 27.7 Å². The summed E-state index contributed by atoms with van der Waals surface area (Å²) in [6.07, 6.45) is 0. The molecule has 0 aliphatic heterocycles. The van der Waals surface area contributed by atoms with Crippen molar-refractivity contribution in [2.75, 3.05) is 0 Å². The number of ketones is 1. The molecule has 126 valence electrons. The molecule has 2 heteroatoms. The Hall–Kier alpha value is -3.65. The Bertz CT molecular complexity index is 1390. The van der Waals surface area contributed by atoms with Crippen molar-refractivity contribution in [3.05, 3.63) is 96.1 Å². The predicted octanol–water partition coefficient (Wildman–Crippen LogP) is 6.46. The number of hydrogen-bond acceptors (Lipinski definition) is 2. The molecule has 0 saturated heterocycles. The third kappa shape index (κ3) is 1.87. The monoisotopic (exact) mass is 346 g/mol. The number of para-hydroxylation sites is 1. The molecule has 0 spiro atoms. The molecule has 0 saturated carbocycles. The zero-order chi connectivity index (χ0) is 18.0. The highest BCUT2D eigenvalue weighted by atomic mass is 16.3. The van der Waals surface area contributed by atoms with Gasteiger partial charge in [0.05, 0.1) is 0 Å². The van der Waals surface area contributed by atoms with Crippen molar-refractivity contribution in [3.8, 4) is 22.3 Å². The maximum absolute atomic E-state index is 12.9. The molecule has 1 aliphatic rings. The maximum atomic E-state index is 12.9. The van der Waals surface area contributed by atoms with Crippen molar-refractivity contribution in [2.24, 2.45) is 0 Å². The van der Waals surface area contributed by atoms with E-state index in [1.54, 1.807) is 0 Å². The van der Waals surface area contributed by atoms with Gasteiger partial charge in [0, 0.05) is 27.5 Å². The molecule has 0 N–H and O–H groups in total. The van der Waals surface area contributed by atoms with Gasteiger partial charge in [-0.1, -0.05) is 72.8 Å². The van der Waals surface area contributed by atoms with Crippen LogP contribution < -0.4 is 0 Å². The van der Waals surface area contributed by atoms with Crippen LogP contribution in [0, 0.1) is 0 Å². The average Bonchev–Trinajstić information content (AvgIpc) is 3.24. The minimum atomic E-state index is 0.103. The van der Waals surface area contributed by atoms with Crippen LogP contribution in [0.3, 0.4) is 0 Å². The molecule has 6 rings (SSSR count). The Labute approximate surface area is 155 Å². The van der Waals surface area contributed by atoms with Gasteiger partial charge in [-0.2, -0.15) is 0 Å². The molecule has 5 aromatic rings. The van der Waals surface area contributed by atoms with Gasteiger partial charge >= 0.3 is 0 Å². The lowest BCUT2D eigenvalue weighted by Crippen LogP contribution is -1.94. The second kappa shape index (κ2) is 5.18. The van der Waals surface area contributed by atoms with Crippen LogP contribution >= 0.6 is 0 Å². The number of carbonyl (C=O) groups excluding carboxylic acids is 1. The smallest absolute Gasteiger partial charge is 0.194 e. The van der Waals surface area contributed by atoms with Gasteiger partial charge in [0.1, 0.15) is 11.2 Å². The average molecular weight is 346 g/mol. The lowest BCUT2D eigenvalue weighted by atomic mass is 9.91. The highest BCUT2D eigenvalue weighted by Gasteiger charge is 2.29. The van der Waals surface area contributed by atoms with E-state index < -0.39 is 0 Å². The van der Waals surface area contributed by atoms with Gasteiger partial charge in [-0.3, -0.25) is 4.79 Å². The Morgan fingerprint density at radius 1 is 0.519 bits per heavy atom. The summed E-state index contributed by atoms with van der Waals surface area (Å²) in [6.45, 7) is 0. The second-order valence-corrected chi connectivity index (χ2v) is 6.88. The van der Waals surface area contributed by atoms with Crippen LogP contribution in [0.2, 0.25) is 0 Å². The lowest BCUT2D eigenvalue weighted by Gasteiger charge is -2.10. The molecule has 0 amide bonds. The molecule has 0 fully saturated rings. The summed E-state index contributed by atoms with van der Waals surface area (Å²) >= 11 is 0. The summed E-state index contributed by atoms with van der Waals surface area (Å²) < 4.78 is 6.06. The fourth-order valence-corrected chi connectivity index (χ4v) is 4.30. The van der Waals surface area contributed by atoms with E-state index in [9.17, 15) is 4.79 Å². The fourth-order valence-electron chi connectivity index (χ4n) is 4.30. The third-order valence-corrected chi connectivity index (χ3v) is 5.44. The summed E-state index contributed by atoms with van der Waals surface area (Å²) in [5.74, 6) is 0.103. The van der Waals surface area contributed by atoms with E-state index in [1.165, 1.54) is 0 Å². The Balaban J connectivity index is 1.76. The molecule has 27 heavy (non-hydrogen) atoms. The van der Waals surface area contributed by atoms with Gasteiger partial charge in [0.2, 0.25) is 0 Å². The number of hydrogen-bond donors (Lipinski definition) is 0. The molecule has 1 aromatic heterocycles. The summed E-state index contributed by atoms with van der Waals surface area (Å²) in [5, 5.41) is 2.19. The van der Waals surface area contributed by atoms with E-state index in [2.05, 4.69) is 18.2 Å². The van der Waals surface area contributed by atoms with Crippen LogP contribution in [-0.4, -0.2) is 5.78 Å². The van der Waals surface area contributed by atoms with E-state index in [0.717, 1.165) is 55.3 Å². The highest BCUT2D eigenvalue weighted by Crippen LogP contribution is 2.45. The first kappa shape index (κ1) is 14.5. The van der Waals surface area contributed by atoms with Gasteiger partial charge in [0.25, 0.3) is 0 Å². The second-order valence-electron chi connectivity index (χ2n) is 6.88. The van der Waals surface area contributed by atoms with Crippen LogP contribution in [0.1, 0.15) is 15.9 Å². The number of furan rings is 1. The Morgan fingerprint density at radius 3 is 2.07 bits per heavy atom. The van der Waals surface area contributed by atoms with Crippen LogP contribution in [0.15, 0.2) is 89.3 Å². The molecule has 1 aliphatic carbocycles. The molecule has 0 radical (unpaired) electrons. The topological polar surface area (TPSA) is 30.2 Å². The van der Waals surface area contributed by atoms with E-state index in [4.69, 9.17) is 4.42 Å². The van der Waals surface area contributed by atoms with Gasteiger partial charge in [-0.15, -0.1) is 0 Å². The Morgan fingerprint density at radius 2 is 1.15 bits per heavy atom. The number of benzene rings is 4. The van der Waals surface area contributed by atoms with Gasteiger partial charge in [-0.25, -0.2) is 0 Å². The van der Waals surface area contributed by atoms with Crippen LogP contribution in [0.4, 0.5) is 0 Å². The first-order chi connectivity index (χ1) is 13.3. The summed E-state index contributed by atoms with van der Waals surface area (Å²) in [6, 6.07) is 28.1. The largest absolute Gasteiger partial charge is 0.456 e. The number of carbonyl (C=O) groups is 1. The summed E-state index contributed by atoms with van der Waals surface area (Å²) in [4.78, 5) is 12.9. The molecular weight excluding hydrogens is 332 g/mol. The zero-order valence-corrected chi connectivity index (χ0v) is 14.4. The molecule has 0 bridgehead atoms. The Kier molecular flexibility index (Phi) is 2.78. The maximum Gasteiger partial charge on any atom is 0.194 e. The van der Waals surface area contributed by atoms with Crippen molar-refractivity contribution in [1.82, 2.24) is 0 Å². The van der Waals surface area contributed by atoms with Crippen LogP contribution in [-0.2, 0) is 0 Å². The van der Waals surface area contributed by atoms with E-state index in [0.29, 0.717) is 0 Å². The van der Waals surface area contributed by atoms with E-state index in [-0.39, 0.29) is 5.78 Å². The van der Waals surface area contributed by atoms with Gasteiger partial charge in [-0.05, 0) is 28.8 Å².